The second-order valence-electron chi connectivity index (χ2n) is 3.61. The Morgan fingerprint density at radius 1 is 1.60 bits per heavy atom. The molecular weight excluding hydrogens is 280 g/mol. The fourth-order valence-electron chi connectivity index (χ4n) is 1.34. The molecule has 0 aliphatic rings. The third-order valence-corrected chi connectivity index (χ3v) is 3.19. The van der Waals surface area contributed by atoms with Gasteiger partial charge in [-0.05, 0) is 12.1 Å². The molecule has 0 fully saturated rings. The number of furan rings is 1. The van der Waals surface area contributed by atoms with Crippen molar-refractivity contribution in [3.63, 3.8) is 0 Å². The molecule has 0 saturated heterocycles. The lowest BCUT2D eigenvalue weighted by Crippen LogP contribution is -1.98. The van der Waals surface area contributed by atoms with Crippen LogP contribution in [0.5, 0.6) is 0 Å². The van der Waals surface area contributed by atoms with E-state index < -0.39 is 5.97 Å². The van der Waals surface area contributed by atoms with Crippen molar-refractivity contribution in [3.05, 3.63) is 35.4 Å². The molecule has 2 rings (SSSR count). The largest absolute Gasteiger partial charge is 0.463 e. The van der Waals surface area contributed by atoms with E-state index in [4.69, 9.17) is 15.4 Å². The molecule has 0 aliphatic carbocycles. The smallest absolute Gasteiger partial charge is 0.373 e. The SMILES string of the molecule is COC(=O)c1ccc(CSc2ncc(C#N)c(N)n2)o1. The number of nitrogens with two attached hydrogens (primary N) is 1. The predicted molar refractivity (Wildman–Crippen MR) is 70.8 cm³/mol. The number of carbonyl (C=O) groups is 1. The summed E-state index contributed by atoms with van der Waals surface area (Å²) in [7, 11) is 1.28. The number of rotatable bonds is 4. The van der Waals surface area contributed by atoms with Crippen molar-refractivity contribution in [2.75, 3.05) is 12.8 Å². The number of ether oxygens (including phenoxy) is 1. The molecule has 2 aromatic heterocycles. The van der Waals surface area contributed by atoms with Gasteiger partial charge in [-0.15, -0.1) is 0 Å². The van der Waals surface area contributed by atoms with Crippen LogP contribution >= 0.6 is 11.8 Å². The summed E-state index contributed by atoms with van der Waals surface area (Å²) in [4.78, 5) is 19.2. The minimum atomic E-state index is -0.528. The Hall–Kier alpha value is -2.53. The number of hydrogen-bond acceptors (Lipinski definition) is 8. The molecular formula is C12H10N4O3S. The molecule has 2 N–H and O–H groups in total. The zero-order valence-electron chi connectivity index (χ0n) is 10.5. The third kappa shape index (κ3) is 3.07. The number of carbonyl (C=O) groups excluding carboxylic acids is 1. The number of esters is 1. The summed E-state index contributed by atoms with van der Waals surface area (Å²) in [5, 5.41) is 9.15. The van der Waals surface area contributed by atoms with E-state index in [2.05, 4.69) is 14.7 Å². The number of methoxy groups -OCH3 is 1. The molecule has 0 atom stereocenters. The number of nitriles is 1. The van der Waals surface area contributed by atoms with Crippen molar-refractivity contribution in [2.45, 2.75) is 10.9 Å². The second kappa shape index (κ2) is 6.08. The Balaban J connectivity index is 2.02. The quantitative estimate of drug-likeness (QED) is 0.513. The van der Waals surface area contributed by atoms with E-state index in [1.165, 1.54) is 31.1 Å². The first-order chi connectivity index (χ1) is 9.63. The highest BCUT2D eigenvalue weighted by atomic mass is 32.2. The number of thioether (sulfide) groups is 1. The lowest BCUT2D eigenvalue weighted by atomic mass is 10.3. The Kier molecular flexibility index (Phi) is 4.22. The van der Waals surface area contributed by atoms with Crippen molar-refractivity contribution in [1.82, 2.24) is 9.97 Å². The van der Waals surface area contributed by atoms with Crippen LogP contribution in [0.2, 0.25) is 0 Å². The van der Waals surface area contributed by atoms with E-state index in [0.717, 1.165) is 0 Å². The highest BCUT2D eigenvalue weighted by Crippen LogP contribution is 2.22. The van der Waals surface area contributed by atoms with Crippen LogP contribution in [0.3, 0.4) is 0 Å². The molecule has 0 amide bonds. The zero-order chi connectivity index (χ0) is 14.5. The van der Waals surface area contributed by atoms with Gasteiger partial charge in [-0.25, -0.2) is 14.8 Å². The summed E-state index contributed by atoms with van der Waals surface area (Å²) >= 11 is 1.28. The molecule has 2 aromatic rings. The van der Waals surface area contributed by atoms with E-state index in [1.54, 1.807) is 6.07 Å². The van der Waals surface area contributed by atoms with Crippen LogP contribution < -0.4 is 5.73 Å². The lowest BCUT2D eigenvalue weighted by Gasteiger charge is -2.00. The summed E-state index contributed by atoms with van der Waals surface area (Å²) in [5.74, 6) is 0.771. The molecule has 7 nitrogen and oxygen atoms in total. The van der Waals surface area contributed by atoms with Crippen molar-refractivity contribution < 1.29 is 13.9 Å². The molecule has 20 heavy (non-hydrogen) atoms. The molecule has 8 heteroatoms. The maximum atomic E-state index is 11.2. The molecule has 102 valence electrons. The fraction of sp³-hybridized carbons (Fsp3) is 0.167. The van der Waals surface area contributed by atoms with Crippen LogP contribution in [0.25, 0.3) is 0 Å². The number of anilines is 1. The molecule has 0 spiro atoms. The molecule has 0 radical (unpaired) electrons. The number of aromatic nitrogens is 2. The molecule has 0 saturated carbocycles. The zero-order valence-corrected chi connectivity index (χ0v) is 11.3. The first-order valence-electron chi connectivity index (χ1n) is 5.46. The summed E-state index contributed by atoms with van der Waals surface area (Å²) in [5.41, 5.74) is 5.83. The van der Waals surface area contributed by atoms with Crippen LogP contribution in [-0.2, 0) is 10.5 Å². The van der Waals surface area contributed by atoms with Gasteiger partial charge in [0.05, 0.1) is 19.1 Å². The summed E-state index contributed by atoms with van der Waals surface area (Å²) < 4.78 is 9.84. The van der Waals surface area contributed by atoms with Crippen LogP contribution in [0, 0.1) is 11.3 Å². The molecule has 0 bridgehead atoms. The van der Waals surface area contributed by atoms with Gasteiger partial charge in [-0.3, -0.25) is 0 Å². The Morgan fingerprint density at radius 3 is 3.05 bits per heavy atom. The van der Waals surface area contributed by atoms with E-state index in [-0.39, 0.29) is 17.1 Å². The molecule has 0 unspecified atom stereocenters. The normalized spacial score (nSPS) is 10.0. The van der Waals surface area contributed by atoms with Crippen molar-refractivity contribution in [3.8, 4) is 6.07 Å². The average Bonchev–Trinajstić information content (AvgIpc) is 2.93. The van der Waals surface area contributed by atoms with Gasteiger partial charge in [0.1, 0.15) is 23.2 Å². The second-order valence-corrected chi connectivity index (χ2v) is 4.55. The first-order valence-corrected chi connectivity index (χ1v) is 6.45. The molecule has 2 heterocycles. The van der Waals surface area contributed by atoms with E-state index in [0.29, 0.717) is 16.7 Å². The van der Waals surface area contributed by atoms with E-state index in [9.17, 15) is 4.79 Å². The van der Waals surface area contributed by atoms with Gasteiger partial charge in [0.2, 0.25) is 5.76 Å². The molecule has 0 aromatic carbocycles. The first kappa shape index (κ1) is 13.9. The van der Waals surface area contributed by atoms with Crippen molar-refractivity contribution >= 4 is 23.5 Å². The van der Waals surface area contributed by atoms with Gasteiger partial charge in [0.15, 0.2) is 5.16 Å². The summed E-state index contributed by atoms with van der Waals surface area (Å²) in [6.45, 7) is 0. The Labute approximate surface area is 118 Å². The lowest BCUT2D eigenvalue weighted by molar-refractivity contribution is 0.0563. The van der Waals surface area contributed by atoms with Gasteiger partial charge in [0, 0.05) is 0 Å². The van der Waals surface area contributed by atoms with Gasteiger partial charge < -0.3 is 14.9 Å². The summed E-state index contributed by atoms with van der Waals surface area (Å²) in [6, 6.07) is 5.10. The Bertz CT molecular complexity index is 678. The summed E-state index contributed by atoms with van der Waals surface area (Å²) in [6.07, 6.45) is 1.37. The van der Waals surface area contributed by atoms with Crippen molar-refractivity contribution in [2.24, 2.45) is 0 Å². The predicted octanol–water partition coefficient (Wildman–Crippen LogP) is 1.60. The number of hydrogen-bond donors (Lipinski definition) is 1. The third-order valence-electron chi connectivity index (χ3n) is 2.31. The topological polar surface area (TPSA) is 115 Å². The Morgan fingerprint density at radius 2 is 2.40 bits per heavy atom. The maximum absolute atomic E-state index is 11.2. The van der Waals surface area contributed by atoms with Gasteiger partial charge >= 0.3 is 5.97 Å². The average molecular weight is 290 g/mol. The van der Waals surface area contributed by atoms with Crippen LogP contribution in [-0.4, -0.2) is 23.0 Å². The standard InChI is InChI=1S/C12H10N4O3S/c1-18-11(17)9-3-2-8(19-9)6-20-12-15-5-7(4-13)10(14)16-12/h2-3,5H,6H2,1H3,(H2,14,15,16). The maximum Gasteiger partial charge on any atom is 0.373 e. The van der Waals surface area contributed by atoms with Crippen molar-refractivity contribution in [1.29, 1.82) is 5.26 Å². The van der Waals surface area contributed by atoms with Gasteiger partial charge in [-0.2, -0.15) is 5.26 Å². The number of nitrogen functional groups attached to an aromatic ring is 1. The van der Waals surface area contributed by atoms with Gasteiger partial charge in [-0.1, -0.05) is 11.8 Å². The van der Waals surface area contributed by atoms with E-state index >= 15 is 0 Å². The fourth-order valence-corrected chi connectivity index (χ4v) is 2.05. The van der Waals surface area contributed by atoms with Crippen LogP contribution in [0.1, 0.15) is 21.9 Å². The van der Waals surface area contributed by atoms with Gasteiger partial charge in [0.25, 0.3) is 0 Å². The number of nitrogens with zero attached hydrogens (tertiary/aromatic N) is 3. The van der Waals surface area contributed by atoms with Crippen LogP contribution in [0.15, 0.2) is 27.9 Å². The minimum absolute atomic E-state index is 0.139. The monoisotopic (exact) mass is 290 g/mol. The highest BCUT2D eigenvalue weighted by Gasteiger charge is 2.12. The van der Waals surface area contributed by atoms with Crippen LogP contribution in [0.4, 0.5) is 5.82 Å². The molecule has 0 aliphatic heterocycles. The highest BCUT2D eigenvalue weighted by molar-refractivity contribution is 7.98. The minimum Gasteiger partial charge on any atom is -0.463 e. The van der Waals surface area contributed by atoms with E-state index in [1.807, 2.05) is 6.07 Å².